The molecule has 1 heterocycles. The third-order valence-electron chi connectivity index (χ3n) is 3.98. The Balaban J connectivity index is 1.74. The van der Waals surface area contributed by atoms with Crippen LogP contribution >= 0.6 is 11.6 Å². The van der Waals surface area contributed by atoms with Crippen LogP contribution in [0.1, 0.15) is 11.1 Å². The summed E-state index contributed by atoms with van der Waals surface area (Å²) in [6, 6.07) is 12.7. The number of amides is 1. The SMILES string of the molecule is Cc1c(Cl)cccc1NC(=O)C(N)Cc1c[nH]c2ccccc12. The highest BCUT2D eigenvalue weighted by Gasteiger charge is 2.17. The van der Waals surface area contributed by atoms with Crippen LogP contribution in [-0.4, -0.2) is 16.9 Å². The van der Waals surface area contributed by atoms with E-state index in [1.54, 1.807) is 12.1 Å². The van der Waals surface area contributed by atoms with Gasteiger partial charge in [0.15, 0.2) is 0 Å². The van der Waals surface area contributed by atoms with Crippen LogP contribution in [0.5, 0.6) is 0 Å². The average molecular weight is 328 g/mol. The summed E-state index contributed by atoms with van der Waals surface area (Å²) in [5.41, 5.74) is 9.68. The smallest absolute Gasteiger partial charge is 0.241 e. The Morgan fingerprint density at radius 2 is 2.04 bits per heavy atom. The van der Waals surface area contributed by atoms with Gasteiger partial charge in [-0.15, -0.1) is 0 Å². The molecule has 0 saturated carbocycles. The number of para-hydroxylation sites is 1. The molecule has 0 saturated heterocycles. The van der Waals surface area contributed by atoms with Crippen molar-refractivity contribution in [3.05, 3.63) is 64.8 Å². The minimum absolute atomic E-state index is 0.222. The van der Waals surface area contributed by atoms with Crippen molar-refractivity contribution in [3.63, 3.8) is 0 Å². The molecule has 1 unspecified atom stereocenters. The van der Waals surface area contributed by atoms with Crippen LogP contribution in [0.25, 0.3) is 10.9 Å². The Bertz CT molecular complexity index is 856. The number of anilines is 1. The lowest BCUT2D eigenvalue weighted by atomic mass is 10.0. The van der Waals surface area contributed by atoms with Gasteiger partial charge in [0.05, 0.1) is 6.04 Å². The molecule has 0 aliphatic carbocycles. The zero-order valence-electron chi connectivity index (χ0n) is 12.8. The fraction of sp³-hybridized carbons (Fsp3) is 0.167. The second-order valence-electron chi connectivity index (χ2n) is 5.57. The highest BCUT2D eigenvalue weighted by Crippen LogP contribution is 2.23. The minimum atomic E-state index is -0.632. The Morgan fingerprint density at radius 3 is 2.87 bits per heavy atom. The molecule has 4 N–H and O–H groups in total. The molecule has 1 amide bonds. The maximum absolute atomic E-state index is 12.3. The second-order valence-corrected chi connectivity index (χ2v) is 5.98. The maximum atomic E-state index is 12.3. The zero-order valence-corrected chi connectivity index (χ0v) is 13.5. The first-order valence-corrected chi connectivity index (χ1v) is 7.80. The number of fused-ring (bicyclic) bond motifs is 1. The molecule has 4 nitrogen and oxygen atoms in total. The van der Waals surface area contributed by atoms with E-state index < -0.39 is 6.04 Å². The lowest BCUT2D eigenvalue weighted by molar-refractivity contribution is -0.117. The van der Waals surface area contributed by atoms with Gasteiger partial charge in [0.2, 0.25) is 5.91 Å². The lowest BCUT2D eigenvalue weighted by Gasteiger charge is -2.14. The molecule has 0 radical (unpaired) electrons. The van der Waals surface area contributed by atoms with Crippen molar-refractivity contribution in [2.24, 2.45) is 5.73 Å². The third-order valence-corrected chi connectivity index (χ3v) is 4.39. The van der Waals surface area contributed by atoms with Crippen LogP contribution in [0.4, 0.5) is 5.69 Å². The zero-order chi connectivity index (χ0) is 16.4. The van der Waals surface area contributed by atoms with Crippen molar-refractivity contribution < 1.29 is 4.79 Å². The molecule has 118 valence electrons. The number of H-pyrrole nitrogens is 1. The number of rotatable bonds is 4. The topological polar surface area (TPSA) is 70.9 Å². The molecule has 1 aromatic heterocycles. The first-order valence-electron chi connectivity index (χ1n) is 7.43. The van der Waals surface area contributed by atoms with Gasteiger partial charge >= 0.3 is 0 Å². The van der Waals surface area contributed by atoms with E-state index in [1.807, 2.05) is 43.5 Å². The van der Waals surface area contributed by atoms with Crippen LogP contribution in [0.3, 0.4) is 0 Å². The fourth-order valence-corrected chi connectivity index (χ4v) is 2.77. The predicted molar refractivity (Wildman–Crippen MR) is 94.8 cm³/mol. The first-order chi connectivity index (χ1) is 11.1. The summed E-state index contributed by atoms with van der Waals surface area (Å²) >= 11 is 6.07. The van der Waals surface area contributed by atoms with Crippen molar-refractivity contribution in [2.45, 2.75) is 19.4 Å². The molecular formula is C18H18ClN3O. The van der Waals surface area contributed by atoms with Gasteiger partial charge in [-0.3, -0.25) is 4.79 Å². The molecular weight excluding hydrogens is 310 g/mol. The summed E-state index contributed by atoms with van der Waals surface area (Å²) in [6.07, 6.45) is 2.37. The Hall–Kier alpha value is -2.30. The minimum Gasteiger partial charge on any atom is -0.361 e. The standard InChI is InChI=1S/C18H18ClN3O/c1-11-14(19)6-4-8-16(11)22-18(23)15(20)9-12-10-21-17-7-3-2-5-13(12)17/h2-8,10,15,21H,9,20H2,1H3,(H,22,23). The van der Waals surface area contributed by atoms with Crippen LogP contribution in [-0.2, 0) is 11.2 Å². The molecule has 0 bridgehead atoms. The number of nitrogens with two attached hydrogens (primary N) is 1. The van der Waals surface area contributed by atoms with Crippen molar-refractivity contribution >= 4 is 34.1 Å². The van der Waals surface area contributed by atoms with E-state index in [1.165, 1.54) is 0 Å². The molecule has 3 aromatic rings. The number of carbonyl (C=O) groups excluding carboxylic acids is 1. The molecule has 0 fully saturated rings. The third kappa shape index (κ3) is 3.23. The second kappa shape index (κ2) is 6.44. The number of halogens is 1. The fourth-order valence-electron chi connectivity index (χ4n) is 2.60. The van der Waals surface area contributed by atoms with Gasteiger partial charge in [-0.2, -0.15) is 0 Å². The number of nitrogens with one attached hydrogen (secondary N) is 2. The van der Waals surface area contributed by atoms with Gasteiger partial charge in [0.1, 0.15) is 0 Å². The van der Waals surface area contributed by atoms with Crippen LogP contribution in [0, 0.1) is 6.92 Å². The highest BCUT2D eigenvalue weighted by atomic mass is 35.5. The molecule has 0 aliphatic heterocycles. The average Bonchev–Trinajstić information content (AvgIpc) is 2.95. The summed E-state index contributed by atoms with van der Waals surface area (Å²) in [7, 11) is 0. The summed E-state index contributed by atoms with van der Waals surface area (Å²) in [6.45, 7) is 1.86. The molecule has 0 aliphatic rings. The van der Waals surface area contributed by atoms with E-state index in [0.29, 0.717) is 17.1 Å². The summed E-state index contributed by atoms with van der Waals surface area (Å²) in [4.78, 5) is 15.5. The van der Waals surface area contributed by atoms with Gasteiger partial charge in [0, 0.05) is 27.8 Å². The molecule has 5 heteroatoms. The van der Waals surface area contributed by atoms with E-state index in [-0.39, 0.29) is 5.91 Å². The van der Waals surface area contributed by atoms with E-state index >= 15 is 0 Å². The van der Waals surface area contributed by atoms with E-state index in [0.717, 1.165) is 22.0 Å². The van der Waals surface area contributed by atoms with Gasteiger partial charge in [0.25, 0.3) is 0 Å². The van der Waals surface area contributed by atoms with Gasteiger partial charge < -0.3 is 16.0 Å². The Labute approximate surface area is 139 Å². The number of hydrogen-bond donors (Lipinski definition) is 3. The van der Waals surface area contributed by atoms with Crippen LogP contribution in [0.15, 0.2) is 48.7 Å². The van der Waals surface area contributed by atoms with Crippen LogP contribution in [0.2, 0.25) is 5.02 Å². The molecule has 1 atom stereocenters. The molecule has 0 spiro atoms. The monoisotopic (exact) mass is 327 g/mol. The number of aromatic amines is 1. The summed E-state index contributed by atoms with van der Waals surface area (Å²) < 4.78 is 0. The lowest BCUT2D eigenvalue weighted by Crippen LogP contribution is -2.37. The Morgan fingerprint density at radius 1 is 1.26 bits per heavy atom. The quantitative estimate of drug-likeness (QED) is 0.684. The van der Waals surface area contributed by atoms with Crippen molar-refractivity contribution in [1.82, 2.24) is 4.98 Å². The molecule has 2 aromatic carbocycles. The summed E-state index contributed by atoms with van der Waals surface area (Å²) in [5, 5.41) is 4.56. The number of hydrogen-bond acceptors (Lipinski definition) is 2. The molecule has 23 heavy (non-hydrogen) atoms. The molecule has 3 rings (SSSR count). The number of carbonyl (C=O) groups is 1. The maximum Gasteiger partial charge on any atom is 0.241 e. The van der Waals surface area contributed by atoms with Gasteiger partial charge in [-0.1, -0.05) is 35.9 Å². The van der Waals surface area contributed by atoms with E-state index in [2.05, 4.69) is 10.3 Å². The summed E-state index contributed by atoms with van der Waals surface area (Å²) in [5.74, 6) is -0.222. The first kappa shape index (κ1) is 15.6. The highest BCUT2D eigenvalue weighted by molar-refractivity contribution is 6.31. The van der Waals surface area contributed by atoms with Crippen LogP contribution < -0.4 is 11.1 Å². The Kier molecular flexibility index (Phi) is 4.37. The van der Waals surface area contributed by atoms with Gasteiger partial charge in [-0.25, -0.2) is 0 Å². The van der Waals surface area contributed by atoms with Gasteiger partial charge in [-0.05, 0) is 42.7 Å². The van der Waals surface area contributed by atoms with E-state index in [9.17, 15) is 4.79 Å². The number of aromatic nitrogens is 1. The van der Waals surface area contributed by atoms with Crippen molar-refractivity contribution in [2.75, 3.05) is 5.32 Å². The largest absolute Gasteiger partial charge is 0.361 e. The van der Waals surface area contributed by atoms with E-state index in [4.69, 9.17) is 17.3 Å². The normalized spacial score (nSPS) is 12.3. The van der Waals surface area contributed by atoms with Crippen molar-refractivity contribution in [1.29, 1.82) is 0 Å². The predicted octanol–water partition coefficient (Wildman–Crippen LogP) is 3.64. The number of benzene rings is 2. The van der Waals surface area contributed by atoms with Crippen molar-refractivity contribution in [3.8, 4) is 0 Å².